The third-order valence-corrected chi connectivity index (χ3v) is 5.45. The zero-order chi connectivity index (χ0) is 21.3. The second-order valence-corrected chi connectivity index (χ2v) is 7.89. The first kappa shape index (κ1) is 25.2. The molecular formula is C25H42N2O2. The Morgan fingerprint density at radius 3 is 1.90 bits per heavy atom. The van der Waals surface area contributed by atoms with Gasteiger partial charge in [0.2, 0.25) is 5.91 Å². The predicted molar refractivity (Wildman–Crippen MR) is 123 cm³/mol. The maximum atomic E-state index is 12.4. The van der Waals surface area contributed by atoms with Crippen molar-refractivity contribution in [2.24, 2.45) is 0 Å². The van der Waals surface area contributed by atoms with Crippen molar-refractivity contribution in [1.29, 1.82) is 0 Å². The first-order chi connectivity index (χ1) is 14.1. The average Bonchev–Trinajstić information content (AvgIpc) is 2.73. The number of benzene rings is 1. The Kier molecular flexibility index (Phi) is 13.9. The van der Waals surface area contributed by atoms with Gasteiger partial charge in [0, 0.05) is 30.8 Å². The highest BCUT2D eigenvalue weighted by molar-refractivity contribution is 5.97. The topological polar surface area (TPSA) is 49.4 Å². The van der Waals surface area contributed by atoms with Crippen LogP contribution in [0.1, 0.15) is 108 Å². The van der Waals surface area contributed by atoms with Gasteiger partial charge in [0.05, 0.1) is 0 Å². The van der Waals surface area contributed by atoms with Crippen LogP contribution in [0.25, 0.3) is 0 Å². The third kappa shape index (κ3) is 11.1. The van der Waals surface area contributed by atoms with Crippen molar-refractivity contribution in [1.82, 2.24) is 4.90 Å². The van der Waals surface area contributed by atoms with Crippen molar-refractivity contribution in [3.05, 3.63) is 29.8 Å². The van der Waals surface area contributed by atoms with Crippen LogP contribution in [0, 0.1) is 0 Å². The second-order valence-electron chi connectivity index (χ2n) is 7.89. The number of hydrogen-bond donors (Lipinski definition) is 1. The molecule has 164 valence electrons. The smallest absolute Gasteiger partial charge is 0.253 e. The summed E-state index contributed by atoms with van der Waals surface area (Å²) in [6, 6.07) is 7.26. The molecule has 0 unspecified atom stereocenters. The number of unbranched alkanes of at least 4 members (excludes halogenated alkanes) is 10. The summed E-state index contributed by atoms with van der Waals surface area (Å²) in [6.45, 7) is 7.57. The highest BCUT2D eigenvalue weighted by Crippen LogP contribution is 2.15. The van der Waals surface area contributed by atoms with Gasteiger partial charge in [0.15, 0.2) is 0 Å². The normalized spacial score (nSPS) is 10.7. The number of rotatable bonds is 16. The van der Waals surface area contributed by atoms with E-state index >= 15 is 0 Å². The Bertz CT molecular complexity index is 582. The molecule has 1 N–H and O–H groups in total. The summed E-state index contributed by atoms with van der Waals surface area (Å²) in [4.78, 5) is 26.4. The van der Waals surface area contributed by atoms with E-state index in [4.69, 9.17) is 0 Å². The lowest BCUT2D eigenvalue weighted by Gasteiger charge is -2.19. The lowest BCUT2D eigenvalue weighted by molar-refractivity contribution is -0.116. The van der Waals surface area contributed by atoms with Crippen LogP contribution in [0.3, 0.4) is 0 Å². The number of anilines is 1. The summed E-state index contributed by atoms with van der Waals surface area (Å²) >= 11 is 0. The van der Waals surface area contributed by atoms with Gasteiger partial charge < -0.3 is 10.2 Å². The number of carbonyl (C=O) groups is 2. The van der Waals surface area contributed by atoms with E-state index in [0.29, 0.717) is 30.8 Å². The Labute approximate surface area is 178 Å². The van der Waals surface area contributed by atoms with E-state index in [1.54, 1.807) is 17.0 Å². The number of amides is 2. The molecule has 0 bridgehead atoms. The van der Waals surface area contributed by atoms with Crippen molar-refractivity contribution in [2.75, 3.05) is 18.4 Å². The highest BCUT2D eigenvalue weighted by Gasteiger charge is 2.13. The predicted octanol–water partition coefficient (Wildman–Crippen LogP) is 6.81. The molecule has 0 heterocycles. The quantitative estimate of drug-likeness (QED) is 0.309. The minimum atomic E-state index is 0.0106. The third-order valence-electron chi connectivity index (χ3n) is 5.45. The van der Waals surface area contributed by atoms with Crippen molar-refractivity contribution in [3.8, 4) is 0 Å². The fourth-order valence-electron chi connectivity index (χ4n) is 3.60. The summed E-state index contributed by atoms with van der Waals surface area (Å²) in [5, 5.41) is 2.94. The van der Waals surface area contributed by atoms with Crippen LogP contribution < -0.4 is 5.32 Å². The molecule has 0 aliphatic carbocycles. The second kappa shape index (κ2) is 16.0. The summed E-state index contributed by atoms with van der Waals surface area (Å²) in [5.41, 5.74) is 1.33. The molecule has 0 aliphatic heterocycles. The first-order valence-electron chi connectivity index (χ1n) is 11.8. The molecule has 0 spiro atoms. The number of nitrogens with zero attached hydrogens (tertiary/aromatic N) is 1. The molecule has 0 fully saturated rings. The average molecular weight is 403 g/mol. The minimum absolute atomic E-state index is 0.0106. The molecule has 1 aromatic rings. The summed E-state index contributed by atoms with van der Waals surface area (Å²) in [6.07, 6.45) is 14.6. The molecule has 1 rings (SSSR count). The molecule has 0 aromatic heterocycles. The Morgan fingerprint density at radius 1 is 0.793 bits per heavy atom. The summed E-state index contributed by atoms with van der Waals surface area (Å²) < 4.78 is 0. The lowest BCUT2D eigenvalue weighted by Crippen LogP contribution is -2.30. The van der Waals surface area contributed by atoms with Gasteiger partial charge in [-0.2, -0.15) is 0 Å². The zero-order valence-corrected chi connectivity index (χ0v) is 19.0. The standard InChI is InChI=1S/C25H42N2O2/c1-4-7-8-9-10-11-12-13-14-15-16-20-24(28)26-23-19-17-18-22(21-23)25(29)27(5-2)6-3/h17-19,21H,4-16,20H2,1-3H3,(H,26,28). The van der Waals surface area contributed by atoms with Crippen molar-refractivity contribution < 1.29 is 9.59 Å². The number of hydrogen-bond acceptors (Lipinski definition) is 2. The van der Waals surface area contributed by atoms with Crippen LogP contribution in [0.2, 0.25) is 0 Å². The van der Waals surface area contributed by atoms with Crippen molar-refractivity contribution >= 4 is 17.5 Å². The van der Waals surface area contributed by atoms with Crippen LogP contribution in [-0.2, 0) is 4.79 Å². The Morgan fingerprint density at radius 2 is 1.34 bits per heavy atom. The highest BCUT2D eigenvalue weighted by atomic mass is 16.2. The molecule has 29 heavy (non-hydrogen) atoms. The molecule has 0 radical (unpaired) electrons. The molecule has 1 aromatic carbocycles. The van der Waals surface area contributed by atoms with Crippen LogP contribution in [0.4, 0.5) is 5.69 Å². The fourth-order valence-corrected chi connectivity index (χ4v) is 3.60. The lowest BCUT2D eigenvalue weighted by atomic mass is 10.1. The van der Waals surface area contributed by atoms with E-state index in [-0.39, 0.29) is 11.8 Å². The number of nitrogens with one attached hydrogen (secondary N) is 1. The molecule has 4 heteroatoms. The van der Waals surface area contributed by atoms with Gasteiger partial charge in [-0.1, -0.05) is 77.2 Å². The van der Waals surface area contributed by atoms with Crippen LogP contribution >= 0.6 is 0 Å². The fraction of sp³-hybridized carbons (Fsp3) is 0.680. The SMILES string of the molecule is CCCCCCCCCCCCCC(=O)Nc1cccc(C(=O)N(CC)CC)c1. The molecule has 4 nitrogen and oxygen atoms in total. The van der Waals surface area contributed by atoms with Crippen LogP contribution in [0.15, 0.2) is 24.3 Å². The molecule has 0 saturated heterocycles. The largest absolute Gasteiger partial charge is 0.339 e. The Hall–Kier alpha value is -1.84. The minimum Gasteiger partial charge on any atom is -0.339 e. The zero-order valence-electron chi connectivity index (χ0n) is 19.0. The maximum Gasteiger partial charge on any atom is 0.253 e. The van der Waals surface area contributed by atoms with E-state index in [2.05, 4.69) is 12.2 Å². The Balaban J connectivity index is 2.19. The van der Waals surface area contributed by atoms with Gasteiger partial charge >= 0.3 is 0 Å². The molecule has 0 saturated carbocycles. The molecule has 2 amide bonds. The molecular weight excluding hydrogens is 360 g/mol. The molecule has 0 aliphatic rings. The molecule has 0 atom stereocenters. The van der Waals surface area contributed by atoms with E-state index in [0.717, 1.165) is 12.8 Å². The van der Waals surface area contributed by atoms with Gasteiger partial charge in [-0.3, -0.25) is 9.59 Å². The van der Waals surface area contributed by atoms with Crippen molar-refractivity contribution in [3.63, 3.8) is 0 Å². The van der Waals surface area contributed by atoms with Gasteiger partial charge in [-0.05, 0) is 38.5 Å². The van der Waals surface area contributed by atoms with Crippen LogP contribution in [-0.4, -0.2) is 29.8 Å². The van der Waals surface area contributed by atoms with Gasteiger partial charge in [-0.25, -0.2) is 0 Å². The van der Waals surface area contributed by atoms with E-state index in [9.17, 15) is 9.59 Å². The maximum absolute atomic E-state index is 12.4. The van der Waals surface area contributed by atoms with E-state index in [1.165, 1.54) is 57.8 Å². The monoisotopic (exact) mass is 402 g/mol. The van der Waals surface area contributed by atoms with E-state index in [1.807, 2.05) is 26.0 Å². The van der Waals surface area contributed by atoms with Crippen molar-refractivity contribution in [2.45, 2.75) is 97.8 Å². The summed E-state index contributed by atoms with van der Waals surface area (Å²) in [7, 11) is 0. The van der Waals surface area contributed by atoms with Gasteiger partial charge in [-0.15, -0.1) is 0 Å². The van der Waals surface area contributed by atoms with E-state index < -0.39 is 0 Å². The summed E-state index contributed by atoms with van der Waals surface area (Å²) in [5.74, 6) is 0.0461. The first-order valence-corrected chi connectivity index (χ1v) is 11.8. The number of carbonyl (C=O) groups excluding carboxylic acids is 2. The van der Waals surface area contributed by atoms with Crippen LogP contribution in [0.5, 0.6) is 0 Å². The van der Waals surface area contributed by atoms with Gasteiger partial charge in [0.25, 0.3) is 5.91 Å². The van der Waals surface area contributed by atoms with Gasteiger partial charge in [0.1, 0.15) is 0 Å².